The van der Waals surface area contributed by atoms with Crippen LogP contribution in [-0.4, -0.2) is 31.2 Å². The molecule has 0 saturated carbocycles. The van der Waals surface area contributed by atoms with Crippen LogP contribution in [0.5, 0.6) is 11.5 Å². The fraction of sp³-hybridized carbons (Fsp3) is 0.286. The van der Waals surface area contributed by atoms with Crippen LogP contribution in [-0.2, 0) is 20.7 Å². The molecule has 150 valence electrons. The molecule has 29 heavy (non-hydrogen) atoms. The molecule has 1 aliphatic heterocycles. The van der Waals surface area contributed by atoms with Crippen molar-refractivity contribution >= 4 is 34.3 Å². The minimum Gasteiger partial charge on any atom is -0.493 e. The third-order valence-corrected chi connectivity index (χ3v) is 4.94. The molecule has 1 atom stereocenters. The first-order valence-electron chi connectivity index (χ1n) is 9.08. The lowest BCUT2D eigenvalue weighted by Crippen LogP contribution is -2.20. The average molecular weight is 412 g/mol. The SMILES string of the molecule is CCOc1cc2c(cc1/C=C/C(=O)OCC(=O)Nc1sccc1C#N)O[C@@H](C)C2. The highest BCUT2D eigenvalue weighted by atomic mass is 32.1. The van der Waals surface area contributed by atoms with Gasteiger partial charge in [-0.3, -0.25) is 4.79 Å². The van der Waals surface area contributed by atoms with Gasteiger partial charge in [-0.25, -0.2) is 4.79 Å². The topological polar surface area (TPSA) is 97.6 Å². The first-order chi connectivity index (χ1) is 14.0. The summed E-state index contributed by atoms with van der Waals surface area (Å²) in [5, 5.41) is 13.6. The van der Waals surface area contributed by atoms with Crippen LogP contribution >= 0.6 is 11.3 Å². The molecule has 2 aromatic rings. The third kappa shape index (κ3) is 5.15. The molecule has 0 radical (unpaired) electrons. The number of hydrogen-bond donors (Lipinski definition) is 1. The Morgan fingerprint density at radius 1 is 1.45 bits per heavy atom. The number of benzene rings is 1. The zero-order valence-corrected chi connectivity index (χ0v) is 16.9. The first-order valence-corrected chi connectivity index (χ1v) is 9.96. The van der Waals surface area contributed by atoms with Gasteiger partial charge in [-0.15, -0.1) is 11.3 Å². The summed E-state index contributed by atoms with van der Waals surface area (Å²) in [6, 6.07) is 7.34. The summed E-state index contributed by atoms with van der Waals surface area (Å²) in [5.41, 5.74) is 2.13. The van der Waals surface area contributed by atoms with Crippen LogP contribution in [0, 0.1) is 11.3 Å². The van der Waals surface area contributed by atoms with Crippen molar-refractivity contribution in [2.45, 2.75) is 26.4 Å². The number of carbonyl (C=O) groups excluding carboxylic acids is 2. The summed E-state index contributed by atoms with van der Waals surface area (Å²) in [6.45, 7) is 3.93. The van der Waals surface area contributed by atoms with E-state index in [2.05, 4.69) is 5.32 Å². The molecule has 0 fully saturated rings. The Morgan fingerprint density at radius 2 is 2.28 bits per heavy atom. The molecule has 1 aromatic carbocycles. The summed E-state index contributed by atoms with van der Waals surface area (Å²) < 4.78 is 16.4. The number of esters is 1. The first kappa shape index (κ1) is 20.4. The maximum absolute atomic E-state index is 12.0. The molecule has 2 heterocycles. The minimum atomic E-state index is -0.663. The molecule has 1 aromatic heterocycles. The van der Waals surface area contributed by atoms with Gasteiger partial charge in [-0.1, -0.05) is 0 Å². The molecule has 0 unspecified atom stereocenters. The monoisotopic (exact) mass is 412 g/mol. The summed E-state index contributed by atoms with van der Waals surface area (Å²) in [6.07, 6.45) is 3.73. The molecule has 0 spiro atoms. The largest absolute Gasteiger partial charge is 0.493 e. The second-order valence-electron chi connectivity index (χ2n) is 6.33. The van der Waals surface area contributed by atoms with E-state index in [4.69, 9.17) is 19.5 Å². The number of fused-ring (bicyclic) bond motifs is 1. The maximum Gasteiger partial charge on any atom is 0.331 e. The summed E-state index contributed by atoms with van der Waals surface area (Å²) in [5.74, 6) is 0.259. The Hall–Kier alpha value is -3.31. The van der Waals surface area contributed by atoms with Gasteiger partial charge in [0.25, 0.3) is 5.91 Å². The van der Waals surface area contributed by atoms with Crippen molar-refractivity contribution < 1.29 is 23.8 Å². The van der Waals surface area contributed by atoms with Crippen molar-refractivity contribution in [3.05, 3.63) is 46.3 Å². The quantitative estimate of drug-likeness (QED) is 0.552. The zero-order chi connectivity index (χ0) is 20.8. The maximum atomic E-state index is 12.0. The molecule has 1 N–H and O–H groups in total. The fourth-order valence-electron chi connectivity index (χ4n) is 2.87. The van der Waals surface area contributed by atoms with Crippen molar-refractivity contribution in [1.82, 2.24) is 0 Å². The van der Waals surface area contributed by atoms with E-state index in [0.717, 1.165) is 17.7 Å². The summed E-state index contributed by atoms with van der Waals surface area (Å²) in [4.78, 5) is 23.9. The number of nitrogens with one attached hydrogen (secondary N) is 1. The lowest BCUT2D eigenvalue weighted by atomic mass is 10.1. The van der Waals surface area contributed by atoms with Crippen molar-refractivity contribution in [2.75, 3.05) is 18.5 Å². The number of ether oxygens (including phenoxy) is 3. The van der Waals surface area contributed by atoms with Gasteiger partial charge in [0, 0.05) is 23.6 Å². The van der Waals surface area contributed by atoms with E-state index in [1.807, 2.05) is 32.0 Å². The molecule has 1 amide bonds. The molecule has 8 heteroatoms. The predicted octanol–water partition coefficient (Wildman–Crippen LogP) is 3.54. The lowest BCUT2D eigenvalue weighted by molar-refractivity contribution is -0.142. The number of hydrogen-bond acceptors (Lipinski definition) is 7. The number of thiophene rings is 1. The van der Waals surface area contributed by atoms with Crippen molar-refractivity contribution in [2.24, 2.45) is 0 Å². The van der Waals surface area contributed by atoms with E-state index >= 15 is 0 Å². The van der Waals surface area contributed by atoms with Gasteiger partial charge in [0.1, 0.15) is 28.7 Å². The van der Waals surface area contributed by atoms with Gasteiger partial charge in [0.15, 0.2) is 6.61 Å². The van der Waals surface area contributed by atoms with Crippen molar-refractivity contribution in [1.29, 1.82) is 5.26 Å². The van der Waals surface area contributed by atoms with Gasteiger partial charge in [0.05, 0.1) is 12.2 Å². The minimum absolute atomic E-state index is 0.104. The van der Waals surface area contributed by atoms with Crippen LogP contribution in [0.3, 0.4) is 0 Å². The predicted molar refractivity (Wildman–Crippen MR) is 109 cm³/mol. The zero-order valence-electron chi connectivity index (χ0n) is 16.1. The molecule has 0 saturated heterocycles. The Kier molecular flexibility index (Phi) is 6.52. The smallest absolute Gasteiger partial charge is 0.331 e. The Balaban J connectivity index is 1.60. The number of anilines is 1. The molecule has 1 aliphatic rings. The Morgan fingerprint density at radius 3 is 3.03 bits per heavy atom. The number of nitrogens with zero attached hydrogens (tertiary/aromatic N) is 1. The van der Waals surface area contributed by atoms with Gasteiger partial charge >= 0.3 is 5.97 Å². The third-order valence-electron chi connectivity index (χ3n) is 4.11. The molecular weight excluding hydrogens is 392 g/mol. The van der Waals surface area contributed by atoms with E-state index in [-0.39, 0.29) is 6.10 Å². The van der Waals surface area contributed by atoms with Crippen LogP contribution in [0.2, 0.25) is 0 Å². The standard InChI is InChI=1S/C21H20N2O5S/c1-3-26-17-10-16-8-13(2)28-18(16)9-14(17)4-5-20(25)27-12-19(24)23-21-15(11-22)6-7-29-21/h4-7,9-10,13H,3,8,12H2,1-2H3,(H,23,24)/b5-4+/t13-/m0/s1. The summed E-state index contributed by atoms with van der Waals surface area (Å²) >= 11 is 1.23. The number of nitriles is 1. The highest BCUT2D eigenvalue weighted by Crippen LogP contribution is 2.35. The van der Waals surface area contributed by atoms with E-state index in [1.165, 1.54) is 17.4 Å². The molecule has 3 rings (SSSR count). The van der Waals surface area contributed by atoms with Crippen LogP contribution in [0.15, 0.2) is 29.7 Å². The highest BCUT2D eigenvalue weighted by molar-refractivity contribution is 7.14. The molecule has 0 aliphatic carbocycles. The normalized spacial score (nSPS) is 14.7. The van der Waals surface area contributed by atoms with E-state index in [0.29, 0.717) is 28.5 Å². The fourth-order valence-corrected chi connectivity index (χ4v) is 3.62. The second-order valence-corrected chi connectivity index (χ2v) is 7.24. The average Bonchev–Trinajstić information content (AvgIpc) is 3.29. The van der Waals surface area contributed by atoms with E-state index in [9.17, 15) is 9.59 Å². The number of amides is 1. The second kappa shape index (κ2) is 9.26. The van der Waals surface area contributed by atoms with Crippen LogP contribution in [0.4, 0.5) is 5.00 Å². The van der Waals surface area contributed by atoms with E-state index in [1.54, 1.807) is 17.5 Å². The molecule has 7 nitrogen and oxygen atoms in total. The van der Waals surface area contributed by atoms with Gasteiger partial charge < -0.3 is 19.5 Å². The van der Waals surface area contributed by atoms with Crippen molar-refractivity contribution in [3.8, 4) is 17.6 Å². The number of carbonyl (C=O) groups is 2. The number of rotatable bonds is 7. The van der Waals surface area contributed by atoms with Crippen molar-refractivity contribution in [3.63, 3.8) is 0 Å². The molecule has 0 bridgehead atoms. The van der Waals surface area contributed by atoms with Crippen LogP contribution < -0.4 is 14.8 Å². The molecular formula is C21H20N2O5S. The van der Waals surface area contributed by atoms with Gasteiger partial charge in [0.2, 0.25) is 0 Å². The Bertz CT molecular complexity index is 989. The lowest BCUT2D eigenvalue weighted by Gasteiger charge is -2.10. The van der Waals surface area contributed by atoms with Crippen LogP contribution in [0.25, 0.3) is 6.08 Å². The van der Waals surface area contributed by atoms with Gasteiger partial charge in [-0.2, -0.15) is 5.26 Å². The Labute approximate surface area is 172 Å². The van der Waals surface area contributed by atoms with E-state index < -0.39 is 18.5 Å². The van der Waals surface area contributed by atoms with Crippen LogP contribution in [0.1, 0.15) is 30.5 Å². The summed E-state index contributed by atoms with van der Waals surface area (Å²) in [7, 11) is 0. The van der Waals surface area contributed by atoms with Gasteiger partial charge in [-0.05, 0) is 43.5 Å². The highest BCUT2D eigenvalue weighted by Gasteiger charge is 2.21.